The van der Waals surface area contributed by atoms with Gasteiger partial charge in [0.15, 0.2) is 0 Å². The lowest BCUT2D eigenvalue weighted by Gasteiger charge is -2.33. The van der Waals surface area contributed by atoms with Crippen LogP contribution in [0.15, 0.2) is 36.5 Å². The van der Waals surface area contributed by atoms with Crippen LogP contribution in [0.2, 0.25) is 0 Å². The van der Waals surface area contributed by atoms with E-state index >= 15 is 0 Å². The summed E-state index contributed by atoms with van der Waals surface area (Å²) in [6.07, 6.45) is 5.03. The van der Waals surface area contributed by atoms with E-state index in [0.29, 0.717) is 23.5 Å². The standard InChI is InChI=1S/C22H23FN4O3/c23-15-2-3-17-18(11-15)26-20(25-17)14-1-4-19(24-12-14)27-9-5-16(6-10-27)30-13-22(7-8-22)21(28)29/h1-4,11-12,16H,5-10,13H2,(H,25,26)(H,28,29). The predicted molar refractivity (Wildman–Crippen MR) is 110 cm³/mol. The van der Waals surface area contributed by atoms with Crippen LogP contribution in [0.3, 0.4) is 0 Å². The zero-order valence-corrected chi connectivity index (χ0v) is 16.5. The minimum atomic E-state index is -0.737. The molecule has 5 rings (SSSR count). The molecule has 2 aromatic heterocycles. The molecule has 1 aliphatic heterocycles. The number of anilines is 1. The summed E-state index contributed by atoms with van der Waals surface area (Å²) in [7, 11) is 0. The van der Waals surface area contributed by atoms with Crippen molar-refractivity contribution in [2.75, 3.05) is 24.6 Å². The van der Waals surface area contributed by atoms with Crippen LogP contribution in [0, 0.1) is 11.2 Å². The molecule has 0 amide bonds. The molecule has 8 heteroatoms. The molecule has 3 heterocycles. The number of nitrogens with zero attached hydrogens (tertiary/aromatic N) is 3. The third-order valence-electron chi connectivity index (χ3n) is 6.13. The molecule has 0 bridgehead atoms. The summed E-state index contributed by atoms with van der Waals surface area (Å²) in [5.74, 6) is 0.519. The van der Waals surface area contributed by atoms with E-state index in [1.165, 1.54) is 12.1 Å². The number of nitrogens with one attached hydrogen (secondary N) is 1. The van der Waals surface area contributed by atoms with Crippen molar-refractivity contribution in [2.24, 2.45) is 5.41 Å². The number of aromatic amines is 1. The van der Waals surface area contributed by atoms with Gasteiger partial charge in [0, 0.05) is 24.8 Å². The van der Waals surface area contributed by atoms with Crippen molar-refractivity contribution >= 4 is 22.8 Å². The topological polar surface area (TPSA) is 91.3 Å². The van der Waals surface area contributed by atoms with E-state index in [1.54, 1.807) is 12.3 Å². The number of carbonyl (C=O) groups is 1. The molecule has 2 N–H and O–H groups in total. The smallest absolute Gasteiger partial charge is 0.311 e. The highest BCUT2D eigenvalue weighted by molar-refractivity contribution is 5.79. The van der Waals surface area contributed by atoms with E-state index in [4.69, 9.17) is 4.74 Å². The Bertz CT molecular complexity index is 1070. The van der Waals surface area contributed by atoms with E-state index in [2.05, 4.69) is 19.9 Å². The molecule has 1 saturated carbocycles. The van der Waals surface area contributed by atoms with Crippen LogP contribution in [-0.2, 0) is 9.53 Å². The predicted octanol–water partition coefficient (Wildman–Crippen LogP) is 3.61. The van der Waals surface area contributed by atoms with Crippen molar-refractivity contribution in [1.29, 1.82) is 0 Å². The fourth-order valence-corrected chi connectivity index (χ4v) is 3.93. The van der Waals surface area contributed by atoms with E-state index in [9.17, 15) is 14.3 Å². The molecule has 1 aromatic carbocycles. The first-order valence-corrected chi connectivity index (χ1v) is 10.2. The van der Waals surface area contributed by atoms with Crippen LogP contribution in [0.5, 0.6) is 0 Å². The Kier molecular flexibility index (Phi) is 4.66. The largest absolute Gasteiger partial charge is 0.481 e. The Morgan fingerprint density at radius 3 is 2.73 bits per heavy atom. The van der Waals surface area contributed by atoms with Gasteiger partial charge in [-0.3, -0.25) is 4.79 Å². The lowest BCUT2D eigenvalue weighted by molar-refractivity contribution is -0.147. The third-order valence-corrected chi connectivity index (χ3v) is 6.13. The number of rotatable bonds is 6. The maximum absolute atomic E-state index is 13.4. The Morgan fingerprint density at radius 1 is 1.27 bits per heavy atom. The molecule has 0 atom stereocenters. The van der Waals surface area contributed by atoms with Gasteiger partial charge in [-0.15, -0.1) is 0 Å². The molecule has 7 nitrogen and oxygen atoms in total. The van der Waals surface area contributed by atoms with Gasteiger partial charge >= 0.3 is 5.97 Å². The second-order valence-electron chi connectivity index (χ2n) is 8.23. The van der Waals surface area contributed by atoms with Crippen molar-refractivity contribution in [2.45, 2.75) is 31.8 Å². The fourth-order valence-electron chi connectivity index (χ4n) is 3.93. The molecule has 1 aliphatic carbocycles. The highest BCUT2D eigenvalue weighted by atomic mass is 19.1. The number of H-pyrrole nitrogens is 1. The first-order chi connectivity index (χ1) is 14.5. The average molecular weight is 410 g/mol. The number of aromatic nitrogens is 3. The summed E-state index contributed by atoms with van der Waals surface area (Å²) in [5.41, 5.74) is 1.59. The second kappa shape index (κ2) is 7.36. The summed E-state index contributed by atoms with van der Waals surface area (Å²) >= 11 is 0. The van der Waals surface area contributed by atoms with Crippen molar-refractivity contribution in [3.63, 3.8) is 0 Å². The Labute approximate surface area is 172 Å². The van der Waals surface area contributed by atoms with Crippen molar-refractivity contribution in [1.82, 2.24) is 15.0 Å². The van der Waals surface area contributed by atoms with Gasteiger partial charge in [0.05, 0.1) is 29.2 Å². The highest BCUT2D eigenvalue weighted by Gasteiger charge is 2.51. The van der Waals surface area contributed by atoms with Crippen LogP contribution < -0.4 is 4.90 Å². The van der Waals surface area contributed by atoms with Gasteiger partial charge in [-0.1, -0.05) is 0 Å². The summed E-state index contributed by atoms with van der Waals surface area (Å²) in [5, 5.41) is 9.26. The lowest BCUT2D eigenvalue weighted by atomic mass is 10.1. The number of aliphatic carboxylic acids is 1. The van der Waals surface area contributed by atoms with Gasteiger partial charge in [-0.05, 0) is 56.0 Å². The minimum Gasteiger partial charge on any atom is -0.481 e. The molecule has 0 unspecified atom stereocenters. The molecular formula is C22H23FN4O3. The summed E-state index contributed by atoms with van der Waals surface area (Å²) in [6, 6.07) is 8.41. The number of benzene rings is 1. The van der Waals surface area contributed by atoms with E-state index in [1.807, 2.05) is 12.1 Å². The average Bonchev–Trinajstić information content (AvgIpc) is 3.45. The zero-order valence-electron chi connectivity index (χ0n) is 16.5. The number of ether oxygens (including phenoxy) is 1. The van der Waals surface area contributed by atoms with Crippen LogP contribution in [0.1, 0.15) is 25.7 Å². The number of halogens is 1. The SMILES string of the molecule is O=C(O)C1(COC2CCN(c3ccc(-c4nc5ccc(F)cc5[nH]4)cn3)CC2)CC1. The molecule has 156 valence electrons. The second-order valence-corrected chi connectivity index (χ2v) is 8.23. The van der Waals surface area contributed by atoms with E-state index in [0.717, 1.165) is 50.2 Å². The number of pyridine rings is 1. The first-order valence-electron chi connectivity index (χ1n) is 10.2. The molecule has 1 saturated heterocycles. The molecular weight excluding hydrogens is 387 g/mol. The third kappa shape index (κ3) is 3.63. The number of fused-ring (bicyclic) bond motifs is 1. The van der Waals surface area contributed by atoms with E-state index < -0.39 is 11.4 Å². The molecule has 3 aromatic rings. The summed E-state index contributed by atoms with van der Waals surface area (Å²) in [6.45, 7) is 1.96. The molecule has 0 radical (unpaired) electrons. The maximum atomic E-state index is 13.4. The lowest BCUT2D eigenvalue weighted by Crippen LogP contribution is -2.38. The summed E-state index contributed by atoms with van der Waals surface area (Å²) in [4.78, 5) is 25.7. The van der Waals surface area contributed by atoms with Gasteiger partial charge in [0.2, 0.25) is 0 Å². The quantitative estimate of drug-likeness (QED) is 0.645. The number of carboxylic acid groups (broad SMARTS) is 1. The number of hydrogen-bond acceptors (Lipinski definition) is 5. The van der Waals surface area contributed by atoms with Crippen LogP contribution in [0.25, 0.3) is 22.4 Å². The number of imidazole rings is 1. The monoisotopic (exact) mass is 410 g/mol. The van der Waals surface area contributed by atoms with Gasteiger partial charge < -0.3 is 19.7 Å². The maximum Gasteiger partial charge on any atom is 0.311 e. The van der Waals surface area contributed by atoms with Crippen LogP contribution in [0.4, 0.5) is 10.2 Å². The Balaban J connectivity index is 1.19. The fraction of sp³-hybridized carbons (Fsp3) is 0.409. The Hall–Kier alpha value is -3.00. The van der Waals surface area contributed by atoms with Crippen LogP contribution >= 0.6 is 0 Å². The van der Waals surface area contributed by atoms with E-state index in [-0.39, 0.29) is 11.9 Å². The zero-order chi connectivity index (χ0) is 20.7. The summed E-state index contributed by atoms with van der Waals surface area (Å²) < 4.78 is 19.3. The molecule has 2 aliphatic rings. The van der Waals surface area contributed by atoms with Crippen molar-refractivity contribution in [3.05, 3.63) is 42.3 Å². The van der Waals surface area contributed by atoms with Crippen LogP contribution in [-0.4, -0.2) is 51.8 Å². The van der Waals surface area contributed by atoms with Gasteiger partial charge in [-0.25, -0.2) is 14.4 Å². The van der Waals surface area contributed by atoms with Gasteiger partial charge in [0.1, 0.15) is 17.5 Å². The normalized spacial score (nSPS) is 18.6. The molecule has 0 spiro atoms. The number of carboxylic acids is 1. The van der Waals surface area contributed by atoms with Gasteiger partial charge in [-0.2, -0.15) is 0 Å². The molecule has 30 heavy (non-hydrogen) atoms. The Morgan fingerprint density at radius 2 is 2.07 bits per heavy atom. The number of hydrogen-bond donors (Lipinski definition) is 2. The van der Waals surface area contributed by atoms with Crippen molar-refractivity contribution in [3.8, 4) is 11.4 Å². The minimum absolute atomic E-state index is 0.105. The highest BCUT2D eigenvalue weighted by Crippen LogP contribution is 2.46. The molecule has 2 fully saturated rings. The number of piperidine rings is 1. The van der Waals surface area contributed by atoms with Gasteiger partial charge in [0.25, 0.3) is 0 Å². The first kappa shape index (κ1) is 19.0. The van der Waals surface area contributed by atoms with Crippen molar-refractivity contribution < 1.29 is 19.0 Å².